The fourth-order valence-electron chi connectivity index (χ4n) is 4.00. The van der Waals surface area contributed by atoms with Crippen molar-refractivity contribution in [3.63, 3.8) is 0 Å². The van der Waals surface area contributed by atoms with Crippen LogP contribution in [0.5, 0.6) is 5.75 Å². The minimum Gasteiger partial charge on any atom is -0.497 e. The van der Waals surface area contributed by atoms with Crippen LogP contribution >= 0.6 is 0 Å². The molecule has 3 aliphatic rings. The van der Waals surface area contributed by atoms with E-state index in [0.717, 1.165) is 17.7 Å². The maximum atomic E-state index is 5.37. The lowest BCUT2D eigenvalue weighted by Gasteiger charge is -2.27. The van der Waals surface area contributed by atoms with Gasteiger partial charge < -0.3 is 10.1 Å². The summed E-state index contributed by atoms with van der Waals surface area (Å²) < 4.78 is 5.37. The second kappa shape index (κ2) is 4.24. The highest BCUT2D eigenvalue weighted by Crippen LogP contribution is 2.60. The first-order valence-electron chi connectivity index (χ1n) is 7.72. The van der Waals surface area contributed by atoms with Gasteiger partial charge in [0.25, 0.3) is 0 Å². The van der Waals surface area contributed by atoms with Gasteiger partial charge in [-0.25, -0.2) is 0 Å². The molecule has 2 atom stereocenters. The smallest absolute Gasteiger partial charge is 0.119 e. The normalized spacial score (nSPS) is 32.2. The molecule has 2 fully saturated rings. The van der Waals surface area contributed by atoms with Gasteiger partial charge in [0.1, 0.15) is 5.75 Å². The standard InChI is InChI=1S/C17H23NO/c1-19-15-6-7-16-12(9-15)3-2-8-17(16)10-13(17)11-18-14-4-5-14/h6-7,9,13-14,18H,2-5,8,10-11H2,1H3. The summed E-state index contributed by atoms with van der Waals surface area (Å²) in [4.78, 5) is 0. The van der Waals surface area contributed by atoms with Gasteiger partial charge in [-0.05, 0) is 79.7 Å². The average molecular weight is 257 g/mol. The van der Waals surface area contributed by atoms with E-state index in [4.69, 9.17) is 4.74 Å². The van der Waals surface area contributed by atoms with Gasteiger partial charge >= 0.3 is 0 Å². The van der Waals surface area contributed by atoms with Gasteiger partial charge in [0.2, 0.25) is 0 Å². The van der Waals surface area contributed by atoms with Crippen molar-refractivity contribution in [1.82, 2.24) is 5.32 Å². The summed E-state index contributed by atoms with van der Waals surface area (Å²) in [6.07, 6.45) is 8.16. The molecule has 2 nitrogen and oxygen atoms in total. The highest BCUT2D eigenvalue weighted by molar-refractivity contribution is 5.46. The van der Waals surface area contributed by atoms with Gasteiger partial charge in [-0.15, -0.1) is 0 Å². The highest BCUT2D eigenvalue weighted by atomic mass is 16.5. The third-order valence-electron chi connectivity index (χ3n) is 5.38. The zero-order valence-electron chi connectivity index (χ0n) is 11.7. The topological polar surface area (TPSA) is 21.3 Å². The Labute approximate surface area is 115 Å². The van der Waals surface area contributed by atoms with Crippen LogP contribution in [0.15, 0.2) is 18.2 Å². The minimum absolute atomic E-state index is 0.516. The monoisotopic (exact) mass is 257 g/mol. The highest BCUT2D eigenvalue weighted by Gasteiger charge is 2.56. The molecule has 0 bridgehead atoms. The van der Waals surface area contributed by atoms with E-state index in [1.165, 1.54) is 45.1 Å². The number of hydrogen-bond acceptors (Lipinski definition) is 2. The van der Waals surface area contributed by atoms with Crippen LogP contribution in [0, 0.1) is 5.92 Å². The van der Waals surface area contributed by atoms with Gasteiger partial charge in [0.05, 0.1) is 7.11 Å². The third kappa shape index (κ3) is 1.97. The largest absolute Gasteiger partial charge is 0.497 e. The third-order valence-corrected chi connectivity index (χ3v) is 5.38. The van der Waals surface area contributed by atoms with Crippen molar-refractivity contribution in [1.29, 1.82) is 0 Å². The van der Waals surface area contributed by atoms with E-state index in [2.05, 4.69) is 23.5 Å². The van der Waals surface area contributed by atoms with Crippen LogP contribution in [0.25, 0.3) is 0 Å². The van der Waals surface area contributed by atoms with E-state index >= 15 is 0 Å². The average Bonchev–Trinajstić information content (AvgIpc) is 3.33. The maximum Gasteiger partial charge on any atom is 0.119 e. The first kappa shape index (κ1) is 11.8. The molecule has 1 N–H and O–H groups in total. The van der Waals surface area contributed by atoms with Crippen molar-refractivity contribution in [3.05, 3.63) is 29.3 Å². The number of ether oxygens (including phenoxy) is 1. The van der Waals surface area contributed by atoms with E-state index in [-0.39, 0.29) is 0 Å². The first-order valence-corrected chi connectivity index (χ1v) is 7.72. The quantitative estimate of drug-likeness (QED) is 0.895. The van der Waals surface area contributed by atoms with Crippen molar-refractivity contribution in [2.75, 3.05) is 13.7 Å². The molecule has 3 aliphatic carbocycles. The van der Waals surface area contributed by atoms with Crippen molar-refractivity contribution < 1.29 is 4.74 Å². The molecular formula is C17H23NO. The van der Waals surface area contributed by atoms with Crippen LogP contribution in [0.2, 0.25) is 0 Å². The Morgan fingerprint density at radius 3 is 3.05 bits per heavy atom. The molecule has 0 heterocycles. The van der Waals surface area contributed by atoms with Gasteiger partial charge in [-0.3, -0.25) is 0 Å². The van der Waals surface area contributed by atoms with E-state index in [9.17, 15) is 0 Å². The summed E-state index contributed by atoms with van der Waals surface area (Å²) in [5.74, 6) is 1.89. The van der Waals surface area contributed by atoms with Gasteiger partial charge in [-0.2, -0.15) is 0 Å². The van der Waals surface area contributed by atoms with Gasteiger partial charge in [0, 0.05) is 6.04 Å². The van der Waals surface area contributed by atoms with Crippen LogP contribution in [-0.2, 0) is 11.8 Å². The molecule has 102 valence electrons. The van der Waals surface area contributed by atoms with E-state index in [0.29, 0.717) is 5.41 Å². The molecule has 1 spiro atoms. The second-order valence-corrected chi connectivity index (χ2v) is 6.62. The predicted molar refractivity (Wildman–Crippen MR) is 76.7 cm³/mol. The Kier molecular flexibility index (Phi) is 2.63. The molecule has 1 aromatic carbocycles. The molecule has 2 unspecified atom stereocenters. The maximum absolute atomic E-state index is 5.37. The molecule has 0 radical (unpaired) electrons. The molecular weight excluding hydrogens is 234 g/mol. The fourth-order valence-corrected chi connectivity index (χ4v) is 4.00. The Morgan fingerprint density at radius 1 is 1.37 bits per heavy atom. The molecule has 4 rings (SSSR count). The van der Waals surface area contributed by atoms with E-state index in [1.807, 2.05) is 0 Å². The lowest BCUT2D eigenvalue weighted by atomic mass is 9.78. The number of fused-ring (bicyclic) bond motifs is 2. The summed E-state index contributed by atoms with van der Waals surface area (Å²) in [5, 5.41) is 3.72. The Balaban J connectivity index is 1.55. The molecule has 0 amide bonds. The molecule has 0 saturated heterocycles. The number of nitrogens with one attached hydrogen (secondary N) is 1. The molecule has 2 heteroatoms. The van der Waals surface area contributed by atoms with E-state index in [1.54, 1.807) is 18.2 Å². The summed E-state index contributed by atoms with van der Waals surface area (Å²) in [5.41, 5.74) is 3.68. The SMILES string of the molecule is COc1ccc2c(c1)CCCC21CC1CNC1CC1. The van der Waals surface area contributed by atoms with Gasteiger partial charge in [0.15, 0.2) is 0 Å². The number of rotatable bonds is 4. The molecule has 0 aromatic heterocycles. The summed E-state index contributed by atoms with van der Waals surface area (Å²) in [6, 6.07) is 7.59. The zero-order chi connectivity index (χ0) is 12.9. The Hall–Kier alpha value is -1.02. The summed E-state index contributed by atoms with van der Waals surface area (Å²) >= 11 is 0. The number of methoxy groups -OCH3 is 1. The predicted octanol–water partition coefficient (Wildman–Crippen LogP) is 3.04. The van der Waals surface area contributed by atoms with Crippen molar-refractivity contribution in [2.24, 2.45) is 5.92 Å². The fraction of sp³-hybridized carbons (Fsp3) is 0.647. The van der Waals surface area contributed by atoms with Crippen LogP contribution in [-0.4, -0.2) is 19.7 Å². The van der Waals surface area contributed by atoms with Crippen LogP contribution in [0.3, 0.4) is 0 Å². The van der Waals surface area contributed by atoms with Crippen molar-refractivity contribution in [3.8, 4) is 5.75 Å². The Morgan fingerprint density at radius 2 is 2.26 bits per heavy atom. The summed E-state index contributed by atoms with van der Waals surface area (Å²) in [6.45, 7) is 1.23. The van der Waals surface area contributed by atoms with E-state index < -0.39 is 0 Å². The number of hydrogen-bond donors (Lipinski definition) is 1. The Bertz CT molecular complexity index is 494. The van der Waals surface area contributed by atoms with Crippen LogP contribution in [0.1, 0.15) is 43.2 Å². The molecule has 2 saturated carbocycles. The number of aryl methyl sites for hydroxylation is 1. The van der Waals surface area contributed by atoms with Crippen molar-refractivity contribution in [2.45, 2.75) is 50.0 Å². The molecule has 1 aromatic rings. The lowest BCUT2D eigenvalue weighted by molar-refractivity contribution is 0.411. The van der Waals surface area contributed by atoms with Crippen molar-refractivity contribution >= 4 is 0 Å². The summed E-state index contributed by atoms with van der Waals surface area (Å²) in [7, 11) is 1.76. The molecule has 19 heavy (non-hydrogen) atoms. The number of benzene rings is 1. The van der Waals surface area contributed by atoms with Crippen LogP contribution < -0.4 is 10.1 Å². The first-order chi connectivity index (χ1) is 9.32. The molecule has 0 aliphatic heterocycles. The second-order valence-electron chi connectivity index (χ2n) is 6.62. The minimum atomic E-state index is 0.516. The lowest BCUT2D eigenvalue weighted by Crippen LogP contribution is -2.25. The van der Waals surface area contributed by atoms with Crippen LogP contribution in [0.4, 0.5) is 0 Å². The zero-order valence-corrected chi connectivity index (χ0v) is 11.7. The van der Waals surface area contributed by atoms with Gasteiger partial charge in [-0.1, -0.05) is 6.07 Å².